The van der Waals surface area contributed by atoms with Gasteiger partial charge in [-0.3, -0.25) is 14.4 Å². The fourth-order valence-electron chi connectivity index (χ4n) is 4.23. The fourth-order valence-corrected chi connectivity index (χ4v) is 4.23. The van der Waals surface area contributed by atoms with Gasteiger partial charge in [-0.25, -0.2) is 13.7 Å². The van der Waals surface area contributed by atoms with Crippen molar-refractivity contribution in [2.75, 3.05) is 23.3 Å². The van der Waals surface area contributed by atoms with E-state index in [1.54, 1.807) is 29.2 Å². The quantitative estimate of drug-likeness (QED) is 0.716. The van der Waals surface area contributed by atoms with Crippen LogP contribution in [0.5, 0.6) is 0 Å². The molecule has 1 fully saturated rings. The lowest BCUT2D eigenvalue weighted by molar-refractivity contribution is -0.121. The molecule has 9 heteroatoms. The second kappa shape index (κ2) is 8.74. The highest BCUT2D eigenvalue weighted by atomic mass is 19.1. The van der Waals surface area contributed by atoms with Crippen molar-refractivity contribution < 1.29 is 27.9 Å². The summed E-state index contributed by atoms with van der Waals surface area (Å²) in [6.45, 7) is 5.80. The van der Waals surface area contributed by atoms with Crippen LogP contribution < -0.4 is 10.2 Å². The lowest BCUT2D eigenvalue weighted by atomic mass is 10.0. The van der Waals surface area contributed by atoms with Crippen molar-refractivity contribution in [3.05, 3.63) is 65.4 Å². The number of nitrogens with one attached hydrogen (secondary N) is 1. The van der Waals surface area contributed by atoms with Gasteiger partial charge in [0.05, 0.1) is 23.5 Å². The van der Waals surface area contributed by atoms with Crippen LogP contribution in [0.2, 0.25) is 0 Å². The Labute approximate surface area is 189 Å². The highest BCUT2D eigenvalue weighted by Gasteiger charge is 2.44. The molecule has 0 aromatic heterocycles. The van der Waals surface area contributed by atoms with Crippen molar-refractivity contribution in [2.45, 2.75) is 33.0 Å². The molecule has 3 amide bonds. The summed E-state index contributed by atoms with van der Waals surface area (Å²) in [7, 11) is 0. The topological polar surface area (TPSA) is 79.0 Å². The molecule has 2 aromatic carbocycles. The average Bonchev–Trinajstić information content (AvgIpc) is 2.99. The Bertz CT molecular complexity index is 1150. The number of rotatable bonds is 4. The molecule has 0 radical (unpaired) electrons. The molecular weight excluding hydrogens is 432 g/mol. The SMILES string of the molecule is CC(=O)Nc1ccc(C2=C(N3CC(C)OC(C)C3)C(=O)N(c3cc(F)ccc3F)C2=O)cc1. The number of carbonyl (C=O) groups is 3. The minimum Gasteiger partial charge on any atom is -0.372 e. The van der Waals surface area contributed by atoms with Crippen LogP contribution in [0.15, 0.2) is 48.2 Å². The molecule has 0 spiro atoms. The van der Waals surface area contributed by atoms with Crippen molar-refractivity contribution in [3.63, 3.8) is 0 Å². The third-order valence-corrected chi connectivity index (χ3v) is 5.44. The number of nitrogens with zero attached hydrogens (tertiary/aromatic N) is 2. The van der Waals surface area contributed by atoms with E-state index in [9.17, 15) is 23.2 Å². The molecule has 33 heavy (non-hydrogen) atoms. The van der Waals surface area contributed by atoms with Gasteiger partial charge in [0.15, 0.2) is 0 Å². The zero-order valence-corrected chi connectivity index (χ0v) is 18.4. The summed E-state index contributed by atoms with van der Waals surface area (Å²) in [6.07, 6.45) is -0.403. The Hall–Kier alpha value is -3.59. The van der Waals surface area contributed by atoms with Gasteiger partial charge in [0.2, 0.25) is 5.91 Å². The first-order valence-electron chi connectivity index (χ1n) is 10.5. The summed E-state index contributed by atoms with van der Waals surface area (Å²) in [5, 5.41) is 2.64. The van der Waals surface area contributed by atoms with E-state index in [-0.39, 0.29) is 29.4 Å². The third-order valence-electron chi connectivity index (χ3n) is 5.44. The van der Waals surface area contributed by atoms with Gasteiger partial charge < -0.3 is 15.0 Å². The monoisotopic (exact) mass is 455 g/mol. The highest BCUT2D eigenvalue weighted by molar-refractivity contribution is 6.45. The van der Waals surface area contributed by atoms with E-state index in [0.717, 1.165) is 18.2 Å². The molecule has 172 valence electrons. The minimum absolute atomic E-state index is 0.0827. The first-order valence-corrected chi connectivity index (χ1v) is 10.5. The lowest BCUT2D eigenvalue weighted by Gasteiger charge is -2.37. The smallest absolute Gasteiger partial charge is 0.282 e. The summed E-state index contributed by atoms with van der Waals surface area (Å²) >= 11 is 0. The summed E-state index contributed by atoms with van der Waals surface area (Å²) in [4.78, 5) is 40.7. The van der Waals surface area contributed by atoms with E-state index in [1.807, 2.05) is 13.8 Å². The zero-order chi connectivity index (χ0) is 23.9. The molecule has 2 aliphatic heterocycles. The van der Waals surface area contributed by atoms with Crippen molar-refractivity contribution in [1.29, 1.82) is 0 Å². The van der Waals surface area contributed by atoms with Gasteiger partial charge in [-0.15, -0.1) is 0 Å². The Morgan fingerprint density at radius 2 is 1.64 bits per heavy atom. The van der Waals surface area contributed by atoms with Crippen LogP contribution in [0, 0.1) is 11.6 Å². The standard InChI is InChI=1S/C24H23F2N3O4/c1-13-11-28(12-14(2)33-13)22-21(16-4-7-18(8-5-16)27-15(3)30)23(31)29(24(22)32)20-10-17(25)6-9-19(20)26/h4-10,13-14H,11-12H2,1-3H3,(H,27,30). The van der Waals surface area contributed by atoms with E-state index in [1.165, 1.54) is 6.92 Å². The van der Waals surface area contributed by atoms with Gasteiger partial charge in [0.1, 0.15) is 17.3 Å². The summed E-state index contributed by atoms with van der Waals surface area (Å²) in [6, 6.07) is 9.05. The van der Waals surface area contributed by atoms with Crippen LogP contribution in [0.25, 0.3) is 5.57 Å². The van der Waals surface area contributed by atoms with Gasteiger partial charge in [0.25, 0.3) is 11.8 Å². The van der Waals surface area contributed by atoms with Crippen LogP contribution in [0.4, 0.5) is 20.2 Å². The number of amides is 3. The van der Waals surface area contributed by atoms with E-state index >= 15 is 0 Å². The van der Waals surface area contributed by atoms with Crippen LogP contribution in [-0.2, 0) is 19.1 Å². The van der Waals surface area contributed by atoms with Gasteiger partial charge in [-0.2, -0.15) is 0 Å². The highest BCUT2D eigenvalue weighted by Crippen LogP contribution is 2.37. The summed E-state index contributed by atoms with van der Waals surface area (Å²) in [5.74, 6) is -3.39. The average molecular weight is 455 g/mol. The first-order chi connectivity index (χ1) is 15.7. The van der Waals surface area contributed by atoms with Crippen molar-refractivity contribution in [1.82, 2.24) is 4.90 Å². The van der Waals surface area contributed by atoms with E-state index in [2.05, 4.69) is 5.32 Å². The third kappa shape index (κ3) is 4.36. The molecule has 2 aliphatic rings. The summed E-state index contributed by atoms with van der Waals surface area (Å²) in [5.41, 5.74) is 0.689. The molecule has 2 atom stereocenters. The van der Waals surface area contributed by atoms with Gasteiger partial charge >= 0.3 is 0 Å². The Balaban J connectivity index is 1.82. The van der Waals surface area contributed by atoms with Crippen molar-refractivity contribution in [2.24, 2.45) is 0 Å². The number of ether oxygens (including phenoxy) is 1. The zero-order valence-electron chi connectivity index (χ0n) is 18.4. The number of hydrogen-bond donors (Lipinski definition) is 1. The number of anilines is 2. The number of carbonyl (C=O) groups excluding carboxylic acids is 3. The maximum absolute atomic E-state index is 14.6. The van der Waals surface area contributed by atoms with Crippen molar-refractivity contribution in [3.8, 4) is 0 Å². The molecule has 2 aromatic rings. The lowest BCUT2D eigenvalue weighted by Crippen LogP contribution is -2.47. The van der Waals surface area contributed by atoms with Crippen molar-refractivity contribution >= 4 is 34.7 Å². The van der Waals surface area contributed by atoms with E-state index in [4.69, 9.17) is 4.74 Å². The number of morpholine rings is 1. The van der Waals surface area contributed by atoms with Gasteiger partial charge in [-0.05, 0) is 43.7 Å². The van der Waals surface area contributed by atoms with Crippen LogP contribution >= 0.6 is 0 Å². The van der Waals surface area contributed by atoms with E-state index < -0.39 is 29.1 Å². The first kappa shape index (κ1) is 22.6. The molecule has 2 unspecified atom stereocenters. The van der Waals surface area contributed by atoms with Crippen LogP contribution in [-0.4, -0.2) is 47.9 Å². The number of imide groups is 1. The Morgan fingerprint density at radius 1 is 1.00 bits per heavy atom. The minimum atomic E-state index is -0.886. The summed E-state index contributed by atoms with van der Waals surface area (Å²) < 4.78 is 34.2. The predicted octanol–water partition coefficient (Wildman–Crippen LogP) is 3.32. The normalized spacial score (nSPS) is 21.1. The Kier molecular flexibility index (Phi) is 5.99. The Morgan fingerprint density at radius 3 is 2.24 bits per heavy atom. The molecule has 4 rings (SSSR count). The molecule has 0 bridgehead atoms. The predicted molar refractivity (Wildman–Crippen MR) is 118 cm³/mol. The molecule has 1 N–H and O–H groups in total. The van der Waals surface area contributed by atoms with Gasteiger partial charge in [0, 0.05) is 31.8 Å². The fraction of sp³-hybridized carbons (Fsp3) is 0.292. The van der Waals surface area contributed by atoms with Crippen LogP contribution in [0.3, 0.4) is 0 Å². The second-order valence-corrected chi connectivity index (χ2v) is 8.19. The van der Waals surface area contributed by atoms with E-state index in [0.29, 0.717) is 29.2 Å². The maximum atomic E-state index is 14.6. The molecule has 1 saturated heterocycles. The molecule has 0 aliphatic carbocycles. The number of halogens is 2. The largest absolute Gasteiger partial charge is 0.372 e. The molecule has 7 nitrogen and oxygen atoms in total. The molecular formula is C24H23F2N3O4. The maximum Gasteiger partial charge on any atom is 0.282 e. The second-order valence-electron chi connectivity index (χ2n) is 8.19. The van der Waals surface area contributed by atoms with Crippen LogP contribution in [0.1, 0.15) is 26.3 Å². The number of hydrogen-bond acceptors (Lipinski definition) is 5. The molecule has 2 heterocycles. The molecule has 0 saturated carbocycles. The van der Waals surface area contributed by atoms with Gasteiger partial charge in [-0.1, -0.05) is 12.1 Å². The number of benzene rings is 2.